The molecule has 0 aliphatic carbocycles. The van der Waals surface area contributed by atoms with Crippen molar-refractivity contribution < 1.29 is 14.7 Å². The lowest BCUT2D eigenvalue weighted by molar-refractivity contribution is -0.137. The van der Waals surface area contributed by atoms with Gasteiger partial charge in [0.25, 0.3) is 5.91 Å². The van der Waals surface area contributed by atoms with Crippen LogP contribution in [0.2, 0.25) is 0 Å². The van der Waals surface area contributed by atoms with Gasteiger partial charge in [0, 0.05) is 38.8 Å². The molecule has 0 unspecified atom stereocenters. The minimum absolute atomic E-state index is 0.0138. The van der Waals surface area contributed by atoms with Crippen LogP contribution in [0.5, 0.6) is 0 Å². The minimum atomic E-state index is -0.762. The second kappa shape index (κ2) is 9.01. The zero-order chi connectivity index (χ0) is 18.4. The summed E-state index contributed by atoms with van der Waals surface area (Å²) in [7, 11) is 0. The molecule has 142 valence electrons. The van der Waals surface area contributed by atoms with E-state index in [4.69, 9.17) is 5.11 Å². The molecule has 6 heteroatoms. The molecule has 3 heterocycles. The summed E-state index contributed by atoms with van der Waals surface area (Å²) < 4.78 is 0. The number of aliphatic carboxylic acids is 1. The fourth-order valence-corrected chi connectivity index (χ4v) is 3.99. The molecular formula is C20H29N3O3. The highest BCUT2D eigenvalue weighted by Gasteiger charge is 2.25. The lowest BCUT2D eigenvalue weighted by atomic mass is 9.93. The van der Waals surface area contributed by atoms with Gasteiger partial charge in [-0.3, -0.25) is 9.59 Å². The molecule has 1 aromatic heterocycles. The van der Waals surface area contributed by atoms with Crippen LogP contribution in [-0.2, 0) is 4.79 Å². The molecule has 0 aromatic carbocycles. The van der Waals surface area contributed by atoms with Crippen LogP contribution in [0.3, 0.4) is 0 Å². The molecule has 2 aliphatic rings. The number of nitrogens with zero attached hydrogens (tertiary/aromatic N) is 3. The van der Waals surface area contributed by atoms with E-state index in [-0.39, 0.29) is 18.2 Å². The van der Waals surface area contributed by atoms with Crippen LogP contribution in [-0.4, -0.2) is 53.0 Å². The average Bonchev–Trinajstić information content (AvgIpc) is 2.96. The fourth-order valence-electron chi connectivity index (χ4n) is 3.99. The highest BCUT2D eigenvalue weighted by atomic mass is 16.4. The van der Waals surface area contributed by atoms with Gasteiger partial charge in [-0.25, -0.2) is 4.98 Å². The molecule has 1 N–H and O–H groups in total. The van der Waals surface area contributed by atoms with Gasteiger partial charge in [0.2, 0.25) is 0 Å². The van der Waals surface area contributed by atoms with Gasteiger partial charge in [0.05, 0.1) is 5.56 Å². The SMILES string of the molecule is O=C(O)CC[C@H]1CCCN(C(=O)c2ccc(N3CCCCCC3)nc2)C1. The Hall–Kier alpha value is -2.11. The van der Waals surface area contributed by atoms with E-state index in [2.05, 4.69) is 9.88 Å². The second-order valence-corrected chi connectivity index (χ2v) is 7.50. The van der Waals surface area contributed by atoms with Crippen molar-refractivity contribution in [1.82, 2.24) is 9.88 Å². The van der Waals surface area contributed by atoms with Crippen molar-refractivity contribution in [2.24, 2.45) is 5.92 Å². The minimum Gasteiger partial charge on any atom is -0.481 e. The highest BCUT2D eigenvalue weighted by Crippen LogP contribution is 2.23. The van der Waals surface area contributed by atoms with E-state index in [1.807, 2.05) is 17.0 Å². The topological polar surface area (TPSA) is 73.7 Å². The van der Waals surface area contributed by atoms with Gasteiger partial charge in [0.1, 0.15) is 5.82 Å². The normalized spacial score (nSPS) is 21.3. The van der Waals surface area contributed by atoms with Gasteiger partial charge in [-0.05, 0) is 50.2 Å². The van der Waals surface area contributed by atoms with Crippen molar-refractivity contribution in [3.05, 3.63) is 23.9 Å². The number of aromatic nitrogens is 1. The Morgan fingerprint density at radius 2 is 1.85 bits per heavy atom. The number of amides is 1. The summed E-state index contributed by atoms with van der Waals surface area (Å²) >= 11 is 0. The number of rotatable bonds is 5. The van der Waals surface area contributed by atoms with Crippen LogP contribution in [0, 0.1) is 5.92 Å². The summed E-state index contributed by atoms with van der Waals surface area (Å²) in [6, 6.07) is 3.85. The van der Waals surface area contributed by atoms with Crippen molar-refractivity contribution in [2.75, 3.05) is 31.1 Å². The van der Waals surface area contributed by atoms with E-state index < -0.39 is 5.97 Å². The lowest BCUT2D eigenvalue weighted by Gasteiger charge is -2.32. The van der Waals surface area contributed by atoms with Crippen molar-refractivity contribution in [1.29, 1.82) is 0 Å². The monoisotopic (exact) mass is 359 g/mol. The van der Waals surface area contributed by atoms with Crippen LogP contribution in [0.15, 0.2) is 18.3 Å². The molecule has 6 nitrogen and oxygen atoms in total. The molecule has 1 atom stereocenters. The number of hydrogen-bond donors (Lipinski definition) is 1. The largest absolute Gasteiger partial charge is 0.481 e. The van der Waals surface area contributed by atoms with Gasteiger partial charge < -0.3 is 14.9 Å². The zero-order valence-corrected chi connectivity index (χ0v) is 15.4. The predicted octanol–water partition coefficient (Wildman–Crippen LogP) is 3.18. The van der Waals surface area contributed by atoms with Gasteiger partial charge in [-0.15, -0.1) is 0 Å². The molecule has 2 fully saturated rings. The molecule has 26 heavy (non-hydrogen) atoms. The number of likely N-dealkylation sites (tertiary alicyclic amines) is 1. The second-order valence-electron chi connectivity index (χ2n) is 7.50. The Morgan fingerprint density at radius 1 is 1.08 bits per heavy atom. The third kappa shape index (κ3) is 4.96. The van der Waals surface area contributed by atoms with E-state index in [1.165, 1.54) is 25.7 Å². The van der Waals surface area contributed by atoms with Crippen molar-refractivity contribution >= 4 is 17.7 Å². The maximum absolute atomic E-state index is 12.8. The van der Waals surface area contributed by atoms with Crippen LogP contribution in [0.25, 0.3) is 0 Å². The Kier molecular flexibility index (Phi) is 6.47. The Labute approximate surface area is 155 Å². The van der Waals surface area contributed by atoms with E-state index >= 15 is 0 Å². The average molecular weight is 359 g/mol. The summed E-state index contributed by atoms with van der Waals surface area (Å²) in [6.07, 6.45) is 9.43. The first-order chi connectivity index (χ1) is 12.6. The van der Waals surface area contributed by atoms with Gasteiger partial charge in [-0.1, -0.05) is 12.8 Å². The van der Waals surface area contributed by atoms with Gasteiger partial charge in [-0.2, -0.15) is 0 Å². The highest BCUT2D eigenvalue weighted by molar-refractivity contribution is 5.94. The molecule has 1 aromatic rings. The smallest absolute Gasteiger partial charge is 0.303 e. The number of anilines is 1. The first-order valence-corrected chi connectivity index (χ1v) is 9.85. The number of piperidine rings is 1. The number of carboxylic acid groups (broad SMARTS) is 1. The first-order valence-electron chi connectivity index (χ1n) is 9.85. The summed E-state index contributed by atoms with van der Waals surface area (Å²) in [5, 5.41) is 8.86. The maximum Gasteiger partial charge on any atom is 0.303 e. The summed E-state index contributed by atoms with van der Waals surface area (Å²) in [4.78, 5) is 32.3. The van der Waals surface area contributed by atoms with Gasteiger partial charge in [0.15, 0.2) is 0 Å². The Balaban J connectivity index is 1.59. The quantitative estimate of drug-likeness (QED) is 0.874. The number of pyridine rings is 1. The Bertz CT molecular complexity index is 609. The molecule has 2 aliphatic heterocycles. The van der Waals surface area contributed by atoms with E-state index in [0.29, 0.717) is 18.5 Å². The summed E-state index contributed by atoms with van der Waals surface area (Å²) in [6.45, 7) is 3.48. The summed E-state index contributed by atoms with van der Waals surface area (Å²) in [5.74, 6) is 0.497. The lowest BCUT2D eigenvalue weighted by Crippen LogP contribution is -2.40. The van der Waals surface area contributed by atoms with Crippen LogP contribution >= 0.6 is 0 Å². The van der Waals surface area contributed by atoms with Crippen LogP contribution < -0.4 is 4.90 Å². The zero-order valence-electron chi connectivity index (χ0n) is 15.4. The maximum atomic E-state index is 12.8. The van der Waals surface area contributed by atoms with E-state index in [9.17, 15) is 9.59 Å². The number of hydrogen-bond acceptors (Lipinski definition) is 4. The van der Waals surface area contributed by atoms with Crippen LogP contribution in [0.1, 0.15) is 61.7 Å². The number of carbonyl (C=O) groups excluding carboxylic acids is 1. The molecule has 0 bridgehead atoms. The van der Waals surface area contributed by atoms with Gasteiger partial charge >= 0.3 is 5.97 Å². The predicted molar refractivity (Wildman–Crippen MR) is 100 cm³/mol. The third-order valence-corrected chi connectivity index (χ3v) is 5.50. The van der Waals surface area contributed by atoms with Crippen molar-refractivity contribution in [2.45, 2.75) is 51.4 Å². The molecule has 0 radical (unpaired) electrons. The van der Waals surface area contributed by atoms with E-state index in [1.54, 1.807) is 6.20 Å². The number of carbonyl (C=O) groups is 2. The molecule has 2 saturated heterocycles. The standard InChI is InChI=1S/C20H29N3O3/c24-19(25)10-7-16-6-5-13-23(15-16)20(26)17-8-9-18(21-14-17)22-11-3-1-2-4-12-22/h8-9,14,16H,1-7,10-13,15H2,(H,24,25)/t16-/m1/s1. The third-order valence-electron chi connectivity index (χ3n) is 5.50. The molecule has 3 rings (SSSR count). The fraction of sp³-hybridized carbons (Fsp3) is 0.650. The Morgan fingerprint density at radius 3 is 2.50 bits per heavy atom. The first kappa shape index (κ1) is 18.7. The molecule has 0 spiro atoms. The van der Waals surface area contributed by atoms with Crippen molar-refractivity contribution in [3.63, 3.8) is 0 Å². The van der Waals surface area contributed by atoms with Crippen molar-refractivity contribution in [3.8, 4) is 0 Å². The van der Waals surface area contributed by atoms with Crippen LogP contribution in [0.4, 0.5) is 5.82 Å². The molecule has 1 amide bonds. The van der Waals surface area contributed by atoms with E-state index in [0.717, 1.165) is 38.3 Å². The molecule has 0 saturated carbocycles. The number of carboxylic acids is 1. The molecular weight excluding hydrogens is 330 g/mol. The summed E-state index contributed by atoms with van der Waals surface area (Å²) in [5.41, 5.74) is 0.627.